The summed E-state index contributed by atoms with van der Waals surface area (Å²) in [6.45, 7) is 0. The van der Waals surface area contributed by atoms with Crippen LogP contribution in [0.25, 0.3) is 10.9 Å². The summed E-state index contributed by atoms with van der Waals surface area (Å²) in [6, 6.07) is 11.0. The van der Waals surface area contributed by atoms with Crippen molar-refractivity contribution in [1.29, 1.82) is 0 Å². The van der Waals surface area contributed by atoms with Crippen molar-refractivity contribution in [1.82, 2.24) is 15.0 Å². The van der Waals surface area contributed by atoms with Crippen molar-refractivity contribution in [2.75, 3.05) is 7.11 Å². The molecule has 100 valence electrons. The maximum atomic E-state index is 10.5. The number of aromatic nitrogens is 3. The normalized spacial score (nSPS) is 12.3. The fourth-order valence-electron chi connectivity index (χ4n) is 2.14. The maximum Gasteiger partial charge on any atom is 0.216 e. The Morgan fingerprint density at radius 3 is 2.85 bits per heavy atom. The maximum absolute atomic E-state index is 10.5. The Bertz CT molecular complexity index is 741. The first-order valence-corrected chi connectivity index (χ1v) is 6.17. The molecule has 0 saturated heterocycles. The van der Waals surface area contributed by atoms with E-state index in [1.165, 1.54) is 13.4 Å². The first-order chi connectivity index (χ1) is 9.79. The molecule has 2 aromatic heterocycles. The summed E-state index contributed by atoms with van der Waals surface area (Å²) in [5, 5.41) is 11.4. The number of rotatable bonds is 3. The van der Waals surface area contributed by atoms with Gasteiger partial charge in [0.05, 0.1) is 18.3 Å². The van der Waals surface area contributed by atoms with Gasteiger partial charge in [0.2, 0.25) is 5.88 Å². The van der Waals surface area contributed by atoms with E-state index in [2.05, 4.69) is 15.0 Å². The average molecular weight is 267 g/mol. The van der Waals surface area contributed by atoms with Crippen molar-refractivity contribution in [3.63, 3.8) is 0 Å². The molecule has 0 aliphatic rings. The number of nitrogens with zero attached hydrogens (tertiary/aromatic N) is 3. The van der Waals surface area contributed by atoms with Gasteiger partial charge in [-0.15, -0.1) is 0 Å². The topological polar surface area (TPSA) is 68.1 Å². The van der Waals surface area contributed by atoms with Gasteiger partial charge in [-0.3, -0.25) is 4.98 Å². The lowest BCUT2D eigenvalue weighted by Gasteiger charge is -2.13. The largest absolute Gasteiger partial charge is 0.481 e. The highest BCUT2D eigenvalue weighted by atomic mass is 16.5. The van der Waals surface area contributed by atoms with E-state index in [4.69, 9.17) is 4.74 Å². The molecule has 1 N–H and O–H groups in total. The lowest BCUT2D eigenvalue weighted by molar-refractivity contribution is 0.216. The predicted molar refractivity (Wildman–Crippen MR) is 74.4 cm³/mol. The Morgan fingerprint density at radius 2 is 2.00 bits per heavy atom. The van der Waals surface area contributed by atoms with Crippen LogP contribution in [0.4, 0.5) is 0 Å². The molecule has 1 atom stereocenters. The number of pyridine rings is 1. The summed E-state index contributed by atoms with van der Waals surface area (Å²) in [7, 11) is 1.53. The van der Waals surface area contributed by atoms with Crippen LogP contribution in [0, 0.1) is 0 Å². The monoisotopic (exact) mass is 267 g/mol. The molecular formula is C15H13N3O2. The van der Waals surface area contributed by atoms with Crippen molar-refractivity contribution in [2.45, 2.75) is 6.10 Å². The van der Waals surface area contributed by atoms with Crippen LogP contribution in [0.2, 0.25) is 0 Å². The van der Waals surface area contributed by atoms with Crippen molar-refractivity contribution >= 4 is 10.9 Å². The molecule has 5 nitrogen and oxygen atoms in total. The van der Waals surface area contributed by atoms with E-state index in [1.54, 1.807) is 12.3 Å². The predicted octanol–water partition coefficient (Wildman–Crippen LogP) is 2.12. The van der Waals surface area contributed by atoms with Gasteiger partial charge in [0.15, 0.2) is 0 Å². The molecule has 0 fully saturated rings. The number of fused-ring (bicyclic) bond motifs is 1. The molecular weight excluding hydrogens is 254 g/mol. The van der Waals surface area contributed by atoms with Gasteiger partial charge in [-0.25, -0.2) is 9.97 Å². The van der Waals surface area contributed by atoms with Crippen LogP contribution in [-0.2, 0) is 0 Å². The highest BCUT2D eigenvalue weighted by Crippen LogP contribution is 2.27. The summed E-state index contributed by atoms with van der Waals surface area (Å²) in [5.41, 5.74) is 2.09. The second-order valence-corrected chi connectivity index (χ2v) is 4.31. The molecule has 0 amide bonds. The van der Waals surface area contributed by atoms with Crippen molar-refractivity contribution in [2.24, 2.45) is 0 Å². The van der Waals surface area contributed by atoms with E-state index >= 15 is 0 Å². The zero-order chi connectivity index (χ0) is 13.9. The lowest BCUT2D eigenvalue weighted by atomic mass is 10.0. The Balaban J connectivity index is 2.10. The molecule has 0 spiro atoms. The number of methoxy groups -OCH3 is 1. The van der Waals surface area contributed by atoms with E-state index in [9.17, 15) is 5.11 Å². The Hall–Kier alpha value is -2.53. The number of hydrogen-bond donors (Lipinski definition) is 1. The lowest BCUT2D eigenvalue weighted by Crippen LogP contribution is -2.04. The second-order valence-electron chi connectivity index (χ2n) is 4.31. The third-order valence-electron chi connectivity index (χ3n) is 3.13. The van der Waals surface area contributed by atoms with Gasteiger partial charge in [-0.05, 0) is 17.7 Å². The number of ether oxygens (including phenoxy) is 1. The van der Waals surface area contributed by atoms with E-state index < -0.39 is 6.10 Å². The van der Waals surface area contributed by atoms with Gasteiger partial charge < -0.3 is 9.84 Å². The fraction of sp³-hybridized carbons (Fsp3) is 0.133. The molecule has 5 heteroatoms. The SMILES string of the molecule is COc1cc(C(O)c2cccc3ncccc23)ncn1. The average Bonchev–Trinajstić information content (AvgIpc) is 2.53. The molecule has 1 unspecified atom stereocenters. The van der Waals surface area contributed by atoms with Crippen LogP contribution in [0.5, 0.6) is 5.88 Å². The molecule has 0 saturated carbocycles. The third-order valence-corrected chi connectivity index (χ3v) is 3.13. The zero-order valence-corrected chi connectivity index (χ0v) is 10.9. The van der Waals surface area contributed by atoms with Crippen molar-refractivity contribution < 1.29 is 9.84 Å². The first kappa shape index (κ1) is 12.5. The van der Waals surface area contributed by atoms with Crippen molar-refractivity contribution in [3.05, 3.63) is 60.2 Å². The third kappa shape index (κ3) is 2.19. The molecule has 3 aromatic rings. The highest BCUT2D eigenvalue weighted by molar-refractivity contribution is 5.82. The van der Waals surface area contributed by atoms with Gasteiger partial charge >= 0.3 is 0 Å². The van der Waals surface area contributed by atoms with E-state index in [-0.39, 0.29) is 0 Å². The number of hydrogen-bond acceptors (Lipinski definition) is 5. The van der Waals surface area contributed by atoms with E-state index in [0.717, 1.165) is 16.5 Å². The van der Waals surface area contributed by atoms with Crippen LogP contribution in [0.15, 0.2) is 48.9 Å². The van der Waals surface area contributed by atoms with Crippen LogP contribution in [0.1, 0.15) is 17.4 Å². The highest BCUT2D eigenvalue weighted by Gasteiger charge is 2.16. The minimum Gasteiger partial charge on any atom is -0.481 e. The minimum atomic E-state index is -0.847. The summed E-state index contributed by atoms with van der Waals surface area (Å²) in [6.07, 6.45) is 2.26. The summed E-state index contributed by atoms with van der Waals surface area (Å²) >= 11 is 0. The quantitative estimate of drug-likeness (QED) is 0.787. The Kier molecular flexibility index (Phi) is 3.26. The number of aliphatic hydroxyl groups excluding tert-OH is 1. The van der Waals surface area contributed by atoms with Gasteiger partial charge in [0.25, 0.3) is 0 Å². The molecule has 3 rings (SSSR count). The molecule has 0 aliphatic heterocycles. The van der Waals surface area contributed by atoms with E-state index in [0.29, 0.717) is 11.6 Å². The first-order valence-electron chi connectivity index (χ1n) is 6.17. The van der Waals surface area contributed by atoms with Gasteiger partial charge in [-0.1, -0.05) is 18.2 Å². The standard InChI is InChI=1S/C15H13N3O2/c1-20-14-8-13(17-9-18-14)15(19)11-4-2-6-12-10(11)5-3-7-16-12/h2-9,15,19H,1H3. The van der Waals surface area contributed by atoms with Crippen molar-refractivity contribution in [3.8, 4) is 5.88 Å². The fourth-order valence-corrected chi connectivity index (χ4v) is 2.14. The smallest absolute Gasteiger partial charge is 0.216 e. The molecule has 0 aliphatic carbocycles. The number of aliphatic hydroxyl groups is 1. The zero-order valence-electron chi connectivity index (χ0n) is 10.9. The summed E-state index contributed by atoms with van der Waals surface area (Å²) in [5.74, 6) is 0.424. The van der Waals surface area contributed by atoms with Crippen LogP contribution in [0.3, 0.4) is 0 Å². The number of benzene rings is 1. The Labute approximate surface area is 115 Å². The minimum absolute atomic E-state index is 0.424. The summed E-state index contributed by atoms with van der Waals surface area (Å²) < 4.78 is 5.05. The van der Waals surface area contributed by atoms with Gasteiger partial charge in [0.1, 0.15) is 12.4 Å². The molecule has 2 heterocycles. The molecule has 1 aromatic carbocycles. The van der Waals surface area contributed by atoms with E-state index in [1.807, 2.05) is 30.3 Å². The van der Waals surface area contributed by atoms with Crippen LogP contribution < -0.4 is 4.74 Å². The molecule has 0 radical (unpaired) electrons. The second kappa shape index (κ2) is 5.22. The van der Waals surface area contributed by atoms with Gasteiger partial charge in [-0.2, -0.15) is 0 Å². The molecule has 20 heavy (non-hydrogen) atoms. The Morgan fingerprint density at radius 1 is 1.10 bits per heavy atom. The van der Waals surface area contributed by atoms with Crippen LogP contribution in [-0.4, -0.2) is 27.2 Å². The van der Waals surface area contributed by atoms with Crippen LogP contribution >= 0.6 is 0 Å². The van der Waals surface area contributed by atoms with Gasteiger partial charge in [0, 0.05) is 17.6 Å². The molecule has 0 bridgehead atoms. The summed E-state index contributed by atoms with van der Waals surface area (Å²) in [4.78, 5) is 12.3.